The number of rotatable bonds is 5. The second kappa shape index (κ2) is 6.04. The molecule has 0 saturated carbocycles. The number of carbonyl (C=O) groups excluding carboxylic acids is 1. The highest BCUT2D eigenvalue weighted by Gasteiger charge is 2.18. The second-order valence-corrected chi connectivity index (χ2v) is 4.26. The molecular formula is C13H14N4O4. The van der Waals surface area contributed by atoms with Gasteiger partial charge in [0.25, 0.3) is 5.91 Å². The Morgan fingerprint density at radius 1 is 1.43 bits per heavy atom. The van der Waals surface area contributed by atoms with Crippen molar-refractivity contribution in [3.05, 3.63) is 36.2 Å². The molecule has 1 aromatic heterocycles. The molecule has 0 aliphatic rings. The average Bonchev–Trinajstić information content (AvgIpc) is 2.93. The summed E-state index contributed by atoms with van der Waals surface area (Å²) in [5.74, 6) is -0.818. The molecule has 0 aliphatic heterocycles. The van der Waals surface area contributed by atoms with Crippen LogP contribution in [0.2, 0.25) is 0 Å². The first-order valence-corrected chi connectivity index (χ1v) is 6.05. The molecule has 2 rings (SSSR count). The molecule has 1 aromatic carbocycles. The molecule has 8 nitrogen and oxygen atoms in total. The lowest BCUT2D eigenvalue weighted by molar-refractivity contribution is -0.137. The maximum atomic E-state index is 12.3. The summed E-state index contributed by atoms with van der Waals surface area (Å²) in [7, 11) is 3.13. The van der Waals surface area contributed by atoms with E-state index < -0.39 is 5.97 Å². The Labute approximate surface area is 120 Å². The van der Waals surface area contributed by atoms with E-state index in [2.05, 4.69) is 10.3 Å². The van der Waals surface area contributed by atoms with Crippen LogP contribution in [0, 0.1) is 0 Å². The highest BCUT2D eigenvalue weighted by atomic mass is 16.5. The molecule has 0 unspecified atom stereocenters. The molecule has 1 amide bonds. The van der Waals surface area contributed by atoms with Crippen LogP contribution in [0.3, 0.4) is 0 Å². The maximum absolute atomic E-state index is 12.3. The first kappa shape index (κ1) is 14.5. The summed E-state index contributed by atoms with van der Waals surface area (Å²) in [6.45, 7) is -0.344. The van der Waals surface area contributed by atoms with E-state index in [9.17, 15) is 9.59 Å². The molecule has 8 heteroatoms. The quantitative estimate of drug-likeness (QED) is 0.868. The number of benzene rings is 1. The van der Waals surface area contributed by atoms with Crippen molar-refractivity contribution in [1.29, 1.82) is 0 Å². The lowest BCUT2D eigenvalue weighted by atomic mass is 10.2. The number of ether oxygens (including phenoxy) is 1. The van der Waals surface area contributed by atoms with Gasteiger partial charge >= 0.3 is 5.97 Å². The number of methoxy groups -OCH3 is 1. The van der Waals surface area contributed by atoms with Gasteiger partial charge in [-0.15, -0.1) is 5.10 Å². The minimum Gasteiger partial charge on any atom is -0.497 e. The van der Waals surface area contributed by atoms with Gasteiger partial charge in [0.1, 0.15) is 12.3 Å². The molecule has 1 heterocycles. The molecule has 0 atom stereocenters. The number of nitrogens with zero attached hydrogens (tertiary/aromatic N) is 4. The summed E-state index contributed by atoms with van der Waals surface area (Å²) in [5, 5.41) is 15.9. The van der Waals surface area contributed by atoms with Crippen LogP contribution in [0.5, 0.6) is 5.75 Å². The largest absolute Gasteiger partial charge is 0.497 e. The molecule has 0 radical (unpaired) electrons. The Hall–Kier alpha value is -2.90. The van der Waals surface area contributed by atoms with Crippen LogP contribution in [0.25, 0.3) is 0 Å². The number of aromatic nitrogens is 3. The number of amides is 1. The van der Waals surface area contributed by atoms with Crippen LogP contribution < -0.4 is 9.64 Å². The lowest BCUT2D eigenvalue weighted by Crippen LogP contribution is -2.26. The average molecular weight is 290 g/mol. The van der Waals surface area contributed by atoms with Crippen LogP contribution in [0.15, 0.2) is 30.5 Å². The number of carboxylic acids is 1. The first-order valence-electron chi connectivity index (χ1n) is 6.05. The zero-order valence-corrected chi connectivity index (χ0v) is 11.6. The molecule has 1 N–H and O–H groups in total. The van der Waals surface area contributed by atoms with Crippen LogP contribution in [0.4, 0.5) is 5.69 Å². The van der Waals surface area contributed by atoms with E-state index in [1.54, 1.807) is 38.4 Å². The molecule has 0 fully saturated rings. The standard InChI is InChI=1S/C13H14N4O4/c1-16(9-4-3-5-10(6-9)21-2)13(20)11-7-17(15-14-11)8-12(18)19/h3-7H,8H2,1-2H3,(H,18,19). The maximum Gasteiger partial charge on any atom is 0.325 e. The summed E-state index contributed by atoms with van der Waals surface area (Å²) in [6.07, 6.45) is 1.30. The fourth-order valence-electron chi connectivity index (χ4n) is 1.72. The summed E-state index contributed by atoms with van der Waals surface area (Å²) in [5.41, 5.74) is 0.703. The van der Waals surface area contributed by atoms with Crippen LogP contribution >= 0.6 is 0 Å². The normalized spacial score (nSPS) is 10.2. The predicted octanol–water partition coefficient (Wildman–Crippen LogP) is 0.648. The number of hydrogen-bond donors (Lipinski definition) is 1. The number of carbonyl (C=O) groups is 2. The Morgan fingerprint density at radius 3 is 2.86 bits per heavy atom. The Morgan fingerprint density at radius 2 is 2.19 bits per heavy atom. The van der Waals surface area contributed by atoms with Gasteiger partial charge in [0.2, 0.25) is 0 Å². The Balaban J connectivity index is 2.18. The Bertz CT molecular complexity index is 668. The number of anilines is 1. The van der Waals surface area contributed by atoms with Crippen molar-refractivity contribution in [2.45, 2.75) is 6.54 Å². The van der Waals surface area contributed by atoms with E-state index in [1.165, 1.54) is 11.1 Å². The second-order valence-electron chi connectivity index (χ2n) is 4.26. The molecule has 21 heavy (non-hydrogen) atoms. The molecule has 0 aliphatic carbocycles. The highest BCUT2D eigenvalue weighted by molar-refractivity contribution is 6.04. The topological polar surface area (TPSA) is 97.5 Å². The summed E-state index contributed by atoms with van der Waals surface area (Å²) in [4.78, 5) is 24.2. The molecule has 2 aromatic rings. The third-order valence-electron chi connectivity index (χ3n) is 2.80. The van der Waals surface area contributed by atoms with Gasteiger partial charge in [0, 0.05) is 18.8 Å². The van der Waals surface area contributed by atoms with Crippen molar-refractivity contribution in [3.63, 3.8) is 0 Å². The van der Waals surface area contributed by atoms with Crippen molar-refractivity contribution in [3.8, 4) is 5.75 Å². The van der Waals surface area contributed by atoms with Gasteiger partial charge in [-0.05, 0) is 12.1 Å². The third-order valence-corrected chi connectivity index (χ3v) is 2.80. The van der Waals surface area contributed by atoms with Crippen molar-refractivity contribution in [2.24, 2.45) is 0 Å². The first-order chi connectivity index (χ1) is 10.0. The Kier molecular flexibility index (Phi) is 4.17. The highest BCUT2D eigenvalue weighted by Crippen LogP contribution is 2.20. The van der Waals surface area contributed by atoms with E-state index in [0.29, 0.717) is 11.4 Å². The fraction of sp³-hybridized carbons (Fsp3) is 0.231. The molecule has 0 spiro atoms. The third kappa shape index (κ3) is 3.35. The van der Waals surface area contributed by atoms with Crippen molar-refractivity contribution < 1.29 is 19.4 Å². The van der Waals surface area contributed by atoms with Gasteiger partial charge in [0.05, 0.1) is 13.3 Å². The van der Waals surface area contributed by atoms with E-state index in [0.717, 1.165) is 4.68 Å². The fourth-order valence-corrected chi connectivity index (χ4v) is 1.72. The number of hydrogen-bond acceptors (Lipinski definition) is 5. The van der Waals surface area contributed by atoms with E-state index in [1.807, 2.05) is 0 Å². The van der Waals surface area contributed by atoms with Crippen LogP contribution in [-0.4, -0.2) is 46.1 Å². The summed E-state index contributed by atoms with van der Waals surface area (Å²) >= 11 is 0. The number of aliphatic carboxylic acids is 1. The van der Waals surface area contributed by atoms with E-state index in [-0.39, 0.29) is 18.1 Å². The predicted molar refractivity (Wildman–Crippen MR) is 73.4 cm³/mol. The summed E-state index contributed by atoms with van der Waals surface area (Å²) in [6, 6.07) is 6.99. The van der Waals surface area contributed by atoms with E-state index in [4.69, 9.17) is 9.84 Å². The zero-order chi connectivity index (χ0) is 15.4. The monoisotopic (exact) mass is 290 g/mol. The van der Waals surface area contributed by atoms with Gasteiger partial charge in [0.15, 0.2) is 5.69 Å². The smallest absolute Gasteiger partial charge is 0.325 e. The minimum absolute atomic E-state index is 0.0709. The van der Waals surface area contributed by atoms with Gasteiger partial charge in [-0.3, -0.25) is 9.59 Å². The summed E-state index contributed by atoms with van der Waals surface area (Å²) < 4.78 is 6.20. The van der Waals surface area contributed by atoms with Crippen LogP contribution in [0.1, 0.15) is 10.5 Å². The van der Waals surface area contributed by atoms with Gasteiger partial charge < -0.3 is 14.7 Å². The minimum atomic E-state index is -1.06. The van der Waals surface area contributed by atoms with Crippen molar-refractivity contribution >= 4 is 17.6 Å². The molecule has 0 bridgehead atoms. The van der Waals surface area contributed by atoms with Crippen molar-refractivity contribution in [2.75, 3.05) is 19.1 Å². The van der Waals surface area contributed by atoms with Crippen LogP contribution in [-0.2, 0) is 11.3 Å². The van der Waals surface area contributed by atoms with Gasteiger partial charge in [-0.25, -0.2) is 4.68 Å². The number of carboxylic acid groups (broad SMARTS) is 1. The molecule has 0 saturated heterocycles. The van der Waals surface area contributed by atoms with E-state index >= 15 is 0 Å². The van der Waals surface area contributed by atoms with Crippen molar-refractivity contribution in [1.82, 2.24) is 15.0 Å². The lowest BCUT2D eigenvalue weighted by Gasteiger charge is -2.16. The SMILES string of the molecule is COc1cccc(N(C)C(=O)c2cn(CC(=O)O)nn2)c1. The molecular weight excluding hydrogens is 276 g/mol. The van der Waals surface area contributed by atoms with Gasteiger partial charge in [-0.1, -0.05) is 11.3 Å². The van der Waals surface area contributed by atoms with Gasteiger partial charge in [-0.2, -0.15) is 0 Å². The zero-order valence-electron chi connectivity index (χ0n) is 11.6. The molecule has 110 valence electrons.